The third kappa shape index (κ3) is 1.24. The molecule has 0 radical (unpaired) electrons. The van der Waals surface area contributed by atoms with Crippen molar-refractivity contribution in [1.82, 2.24) is 4.98 Å². The van der Waals surface area contributed by atoms with Crippen molar-refractivity contribution in [2.75, 3.05) is 12.4 Å². The molecular formula is C11H12N2. The van der Waals surface area contributed by atoms with Gasteiger partial charge in [0.05, 0.1) is 11.9 Å². The molecule has 0 saturated heterocycles. The lowest BCUT2D eigenvalue weighted by Crippen LogP contribution is -1.92. The van der Waals surface area contributed by atoms with Gasteiger partial charge in [-0.1, -0.05) is 18.2 Å². The fraction of sp³-hybridized carbons (Fsp3) is 0.182. The minimum atomic E-state index is 1.09. The van der Waals surface area contributed by atoms with Crippen molar-refractivity contribution in [3.63, 3.8) is 0 Å². The van der Waals surface area contributed by atoms with Crippen molar-refractivity contribution in [2.24, 2.45) is 0 Å². The van der Waals surface area contributed by atoms with E-state index in [1.165, 1.54) is 16.3 Å². The van der Waals surface area contributed by atoms with Gasteiger partial charge in [0, 0.05) is 24.0 Å². The van der Waals surface area contributed by atoms with E-state index in [4.69, 9.17) is 0 Å². The fourth-order valence-corrected chi connectivity index (χ4v) is 1.61. The summed E-state index contributed by atoms with van der Waals surface area (Å²) in [5.41, 5.74) is 2.37. The number of anilines is 1. The summed E-state index contributed by atoms with van der Waals surface area (Å²) in [7, 11) is 1.92. The van der Waals surface area contributed by atoms with Crippen LogP contribution in [0.3, 0.4) is 0 Å². The fourth-order valence-electron chi connectivity index (χ4n) is 1.61. The van der Waals surface area contributed by atoms with E-state index in [0.29, 0.717) is 0 Å². The number of aryl methyl sites for hydroxylation is 1. The molecule has 2 rings (SSSR count). The Morgan fingerprint density at radius 1 is 1.23 bits per heavy atom. The Hall–Kier alpha value is -1.57. The maximum Gasteiger partial charge on any atom is 0.0606 e. The minimum absolute atomic E-state index is 1.09. The molecule has 1 aromatic carbocycles. The third-order valence-electron chi connectivity index (χ3n) is 2.26. The Bertz CT molecular complexity index is 430. The number of benzene rings is 1. The number of nitrogens with zero attached hydrogens (tertiary/aromatic N) is 1. The van der Waals surface area contributed by atoms with Gasteiger partial charge in [0.15, 0.2) is 0 Å². The van der Waals surface area contributed by atoms with E-state index in [9.17, 15) is 0 Å². The van der Waals surface area contributed by atoms with Gasteiger partial charge in [0.25, 0.3) is 0 Å². The molecule has 0 fully saturated rings. The summed E-state index contributed by atoms with van der Waals surface area (Å²) in [6.07, 6.45) is 3.75. The number of rotatable bonds is 1. The van der Waals surface area contributed by atoms with Crippen LogP contribution in [0.2, 0.25) is 0 Å². The van der Waals surface area contributed by atoms with Crippen LogP contribution in [0, 0.1) is 6.92 Å². The summed E-state index contributed by atoms with van der Waals surface area (Å²) in [5, 5.41) is 5.60. The maximum absolute atomic E-state index is 4.16. The molecule has 0 saturated carbocycles. The van der Waals surface area contributed by atoms with Crippen LogP contribution in [0.4, 0.5) is 5.69 Å². The van der Waals surface area contributed by atoms with Gasteiger partial charge in [0.1, 0.15) is 0 Å². The normalized spacial score (nSPS) is 10.3. The molecule has 1 aromatic heterocycles. The Kier molecular flexibility index (Phi) is 1.89. The molecule has 2 nitrogen and oxygen atoms in total. The van der Waals surface area contributed by atoms with Crippen molar-refractivity contribution in [2.45, 2.75) is 6.92 Å². The second kappa shape index (κ2) is 3.05. The molecule has 2 heteroatoms. The van der Waals surface area contributed by atoms with Crippen molar-refractivity contribution >= 4 is 16.5 Å². The predicted molar refractivity (Wildman–Crippen MR) is 56.0 cm³/mol. The zero-order chi connectivity index (χ0) is 9.26. The van der Waals surface area contributed by atoms with Crippen molar-refractivity contribution in [3.05, 3.63) is 36.2 Å². The average molecular weight is 172 g/mol. The predicted octanol–water partition coefficient (Wildman–Crippen LogP) is 2.58. The van der Waals surface area contributed by atoms with Gasteiger partial charge < -0.3 is 5.32 Å². The van der Waals surface area contributed by atoms with E-state index in [1.54, 1.807) is 0 Å². The molecule has 1 N–H and O–H groups in total. The molecule has 13 heavy (non-hydrogen) atoms. The second-order valence-electron chi connectivity index (χ2n) is 3.11. The van der Waals surface area contributed by atoms with Gasteiger partial charge in [-0.15, -0.1) is 0 Å². The van der Waals surface area contributed by atoms with Crippen LogP contribution in [0.25, 0.3) is 10.8 Å². The first kappa shape index (κ1) is 8.05. The highest BCUT2D eigenvalue weighted by Gasteiger charge is 2.01. The van der Waals surface area contributed by atoms with Crippen LogP contribution in [0.15, 0.2) is 30.6 Å². The highest BCUT2D eigenvalue weighted by Crippen LogP contribution is 2.24. The lowest BCUT2D eigenvalue weighted by molar-refractivity contribution is 1.34. The van der Waals surface area contributed by atoms with E-state index in [1.807, 2.05) is 19.4 Å². The number of nitrogens with one attached hydrogen (secondary N) is 1. The molecule has 0 spiro atoms. The second-order valence-corrected chi connectivity index (χ2v) is 3.11. The highest BCUT2D eigenvalue weighted by atomic mass is 14.8. The standard InChI is InChI=1S/C11H12N2/c1-8-4-3-5-9-6-13-7-10(12-2)11(8)9/h3-7,12H,1-2H3. The Labute approximate surface area is 77.6 Å². The lowest BCUT2D eigenvalue weighted by atomic mass is 10.1. The molecule has 0 amide bonds. The number of hydrogen-bond acceptors (Lipinski definition) is 2. The summed E-state index contributed by atoms with van der Waals surface area (Å²) in [6, 6.07) is 6.25. The molecule has 0 bridgehead atoms. The van der Waals surface area contributed by atoms with Gasteiger partial charge in [0.2, 0.25) is 0 Å². The first-order valence-corrected chi connectivity index (χ1v) is 4.34. The summed E-state index contributed by atoms with van der Waals surface area (Å²) in [6.45, 7) is 2.11. The number of hydrogen-bond donors (Lipinski definition) is 1. The summed E-state index contributed by atoms with van der Waals surface area (Å²) >= 11 is 0. The summed E-state index contributed by atoms with van der Waals surface area (Å²) in [4.78, 5) is 4.16. The van der Waals surface area contributed by atoms with Crippen LogP contribution in [0.5, 0.6) is 0 Å². The molecule has 0 atom stereocenters. The quantitative estimate of drug-likeness (QED) is 0.715. The third-order valence-corrected chi connectivity index (χ3v) is 2.26. The van der Waals surface area contributed by atoms with Gasteiger partial charge in [-0.25, -0.2) is 0 Å². The molecular weight excluding hydrogens is 160 g/mol. The zero-order valence-electron chi connectivity index (χ0n) is 7.83. The van der Waals surface area contributed by atoms with E-state index in [0.717, 1.165) is 5.69 Å². The van der Waals surface area contributed by atoms with Crippen molar-refractivity contribution < 1.29 is 0 Å². The van der Waals surface area contributed by atoms with Gasteiger partial charge in [-0.05, 0) is 12.5 Å². The Morgan fingerprint density at radius 3 is 2.85 bits per heavy atom. The lowest BCUT2D eigenvalue weighted by Gasteiger charge is -2.07. The number of aromatic nitrogens is 1. The van der Waals surface area contributed by atoms with Crippen LogP contribution >= 0.6 is 0 Å². The van der Waals surface area contributed by atoms with Gasteiger partial charge in [-0.2, -0.15) is 0 Å². The van der Waals surface area contributed by atoms with Crippen LogP contribution in [-0.4, -0.2) is 12.0 Å². The average Bonchev–Trinajstić information content (AvgIpc) is 2.17. The number of pyridine rings is 1. The molecule has 0 aliphatic heterocycles. The van der Waals surface area contributed by atoms with Gasteiger partial charge in [-0.3, -0.25) is 4.98 Å². The SMILES string of the molecule is CNc1cncc2cccc(C)c12. The highest BCUT2D eigenvalue weighted by molar-refractivity contribution is 5.95. The van der Waals surface area contributed by atoms with E-state index in [2.05, 4.69) is 35.4 Å². The smallest absolute Gasteiger partial charge is 0.0606 e. The minimum Gasteiger partial charge on any atom is -0.386 e. The Balaban J connectivity index is 2.87. The number of fused-ring (bicyclic) bond motifs is 1. The topological polar surface area (TPSA) is 24.9 Å². The van der Waals surface area contributed by atoms with E-state index >= 15 is 0 Å². The molecule has 0 aliphatic rings. The largest absolute Gasteiger partial charge is 0.386 e. The van der Waals surface area contributed by atoms with Crippen molar-refractivity contribution in [1.29, 1.82) is 0 Å². The molecule has 0 aliphatic carbocycles. The Morgan fingerprint density at radius 2 is 2.08 bits per heavy atom. The van der Waals surface area contributed by atoms with Crippen LogP contribution in [-0.2, 0) is 0 Å². The van der Waals surface area contributed by atoms with Crippen LogP contribution in [0.1, 0.15) is 5.56 Å². The monoisotopic (exact) mass is 172 g/mol. The zero-order valence-corrected chi connectivity index (χ0v) is 7.83. The van der Waals surface area contributed by atoms with Crippen LogP contribution < -0.4 is 5.32 Å². The van der Waals surface area contributed by atoms with Gasteiger partial charge >= 0.3 is 0 Å². The molecule has 66 valence electrons. The summed E-state index contributed by atoms with van der Waals surface area (Å²) in [5.74, 6) is 0. The molecule has 2 aromatic rings. The molecule has 1 heterocycles. The first-order valence-electron chi connectivity index (χ1n) is 4.34. The van der Waals surface area contributed by atoms with E-state index in [-0.39, 0.29) is 0 Å². The molecule has 0 unspecified atom stereocenters. The first-order chi connectivity index (χ1) is 6.33. The van der Waals surface area contributed by atoms with E-state index < -0.39 is 0 Å². The summed E-state index contributed by atoms with van der Waals surface area (Å²) < 4.78 is 0. The maximum atomic E-state index is 4.16. The van der Waals surface area contributed by atoms with Crippen molar-refractivity contribution in [3.8, 4) is 0 Å².